The maximum atomic E-state index is 12.0. The van der Waals surface area contributed by atoms with Gasteiger partial charge in [0.25, 0.3) is 5.91 Å². The number of nitriles is 1. The molecule has 4 N–H and O–H groups in total. The highest BCUT2D eigenvalue weighted by molar-refractivity contribution is 5.99. The predicted molar refractivity (Wildman–Crippen MR) is 74.4 cm³/mol. The molecule has 1 amide bonds. The van der Waals surface area contributed by atoms with Crippen molar-refractivity contribution in [1.82, 2.24) is 10.3 Å². The average Bonchev–Trinajstić information content (AvgIpc) is 2.53. The molecule has 2 aromatic rings. The number of aromatic nitrogens is 1. The summed E-state index contributed by atoms with van der Waals surface area (Å²) in [5.74, 6) is 5.07. The molecular formula is C14H13N5O. The first-order valence-electron chi connectivity index (χ1n) is 5.92. The first-order chi connectivity index (χ1) is 9.74. The second-order valence-electron chi connectivity index (χ2n) is 4.06. The number of hydrazine groups is 1. The van der Waals surface area contributed by atoms with Crippen molar-refractivity contribution in [2.75, 3.05) is 5.43 Å². The van der Waals surface area contributed by atoms with Crippen molar-refractivity contribution in [2.45, 2.75) is 6.54 Å². The number of carbonyl (C=O) groups excluding carboxylic acids is 1. The quantitative estimate of drug-likeness (QED) is 0.570. The standard InChI is InChI=1S/C14H13N5O/c15-7-10-1-3-11(4-2-10)8-18-14(20)12-9-17-6-5-13(12)19-16/h1-6,9H,8,16H2,(H,17,19)(H,18,20). The molecule has 0 aliphatic heterocycles. The maximum Gasteiger partial charge on any atom is 0.255 e. The van der Waals surface area contributed by atoms with Gasteiger partial charge in [-0.2, -0.15) is 5.26 Å². The minimum atomic E-state index is -0.268. The number of nitrogens with two attached hydrogens (primary N) is 1. The lowest BCUT2D eigenvalue weighted by atomic mass is 10.1. The van der Waals surface area contributed by atoms with Crippen LogP contribution >= 0.6 is 0 Å². The molecule has 2 rings (SSSR count). The molecule has 0 saturated heterocycles. The minimum absolute atomic E-state index is 0.268. The van der Waals surface area contributed by atoms with E-state index in [0.29, 0.717) is 23.4 Å². The number of carbonyl (C=O) groups is 1. The normalized spacial score (nSPS) is 9.60. The van der Waals surface area contributed by atoms with Gasteiger partial charge in [-0.15, -0.1) is 0 Å². The third kappa shape index (κ3) is 3.10. The number of rotatable bonds is 4. The van der Waals surface area contributed by atoms with Gasteiger partial charge < -0.3 is 10.7 Å². The van der Waals surface area contributed by atoms with E-state index < -0.39 is 0 Å². The van der Waals surface area contributed by atoms with Crippen molar-refractivity contribution in [3.8, 4) is 6.07 Å². The molecule has 1 aromatic heterocycles. The van der Waals surface area contributed by atoms with Gasteiger partial charge in [-0.25, -0.2) is 0 Å². The molecule has 0 radical (unpaired) electrons. The van der Waals surface area contributed by atoms with Crippen LogP contribution in [0.2, 0.25) is 0 Å². The highest BCUT2D eigenvalue weighted by atomic mass is 16.1. The van der Waals surface area contributed by atoms with Gasteiger partial charge >= 0.3 is 0 Å². The number of anilines is 1. The molecule has 1 heterocycles. The van der Waals surface area contributed by atoms with Crippen LogP contribution in [0.1, 0.15) is 21.5 Å². The summed E-state index contributed by atoms with van der Waals surface area (Å²) in [4.78, 5) is 15.9. The number of pyridine rings is 1. The van der Waals surface area contributed by atoms with Crippen LogP contribution in [0, 0.1) is 11.3 Å². The van der Waals surface area contributed by atoms with Crippen LogP contribution in [0.15, 0.2) is 42.7 Å². The summed E-state index contributed by atoms with van der Waals surface area (Å²) in [6, 6.07) is 10.7. The summed E-state index contributed by atoms with van der Waals surface area (Å²) in [6.07, 6.45) is 3.00. The highest BCUT2D eigenvalue weighted by Gasteiger charge is 2.10. The van der Waals surface area contributed by atoms with Gasteiger partial charge in [-0.3, -0.25) is 15.6 Å². The predicted octanol–water partition coefficient (Wildman–Crippen LogP) is 1.17. The van der Waals surface area contributed by atoms with Crippen LogP contribution in [0.4, 0.5) is 5.69 Å². The Labute approximate surface area is 116 Å². The van der Waals surface area contributed by atoms with Crippen LogP contribution in [0.25, 0.3) is 0 Å². The number of nitrogen functional groups attached to an aromatic ring is 1. The van der Waals surface area contributed by atoms with Crippen molar-refractivity contribution in [3.05, 3.63) is 59.4 Å². The van der Waals surface area contributed by atoms with E-state index in [1.807, 2.05) is 6.07 Å². The summed E-state index contributed by atoms with van der Waals surface area (Å²) in [7, 11) is 0. The number of benzene rings is 1. The number of hydrogen-bond donors (Lipinski definition) is 3. The molecule has 0 atom stereocenters. The highest BCUT2D eigenvalue weighted by Crippen LogP contribution is 2.12. The summed E-state index contributed by atoms with van der Waals surface area (Å²) < 4.78 is 0. The molecule has 100 valence electrons. The first-order valence-corrected chi connectivity index (χ1v) is 5.92. The Morgan fingerprint density at radius 1 is 1.30 bits per heavy atom. The number of hydrogen-bond acceptors (Lipinski definition) is 5. The minimum Gasteiger partial charge on any atom is -0.348 e. The molecule has 0 saturated carbocycles. The molecule has 0 bridgehead atoms. The lowest BCUT2D eigenvalue weighted by Crippen LogP contribution is -2.25. The van der Waals surface area contributed by atoms with E-state index in [1.165, 1.54) is 6.20 Å². The fourth-order valence-corrected chi connectivity index (χ4v) is 1.68. The zero-order valence-corrected chi connectivity index (χ0v) is 10.6. The maximum absolute atomic E-state index is 12.0. The topological polar surface area (TPSA) is 104 Å². The number of nitrogens with zero attached hydrogens (tertiary/aromatic N) is 2. The van der Waals surface area contributed by atoms with E-state index >= 15 is 0 Å². The SMILES string of the molecule is N#Cc1ccc(CNC(=O)c2cnccc2NN)cc1. The second-order valence-corrected chi connectivity index (χ2v) is 4.06. The summed E-state index contributed by atoms with van der Waals surface area (Å²) in [5, 5.41) is 11.5. The lowest BCUT2D eigenvalue weighted by molar-refractivity contribution is 0.0951. The van der Waals surface area contributed by atoms with Crippen molar-refractivity contribution >= 4 is 11.6 Å². The summed E-state index contributed by atoms with van der Waals surface area (Å²) >= 11 is 0. The molecule has 20 heavy (non-hydrogen) atoms. The number of amides is 1. The van der Waals surface area contributed by atoms with E-state index in [9.17, 15) is 4.79 Å². The molecule has 6 heteroatoms. The molecule has 0 aliphatic rings. The first kappa shape index (κ1) is 13.5. The molecule has 0 unspecified atom stereocenters. The average molecular weight is 267 g/mol. The Hall–Kier alpha value is -2.91. The summed E-state index contributed by atoms with van der Waals surface area (Å²) in [5.41, 5.74) is 4.83. The van der Waals surface area contributed by atoms with Crippen LogP contribution in [0.3, 0.4) is 0 Å². The van der Waals surface area contributed by atoms with E-state index in [4.69, 9.17) is 11.1 Å². The van der Waals surface area contributed by atoms with Gasteiger partial charge in [0.05, 0.1) is 22.9 Å². The van der Waals surface area contributed by atoms with Gasteiger partial charge in [0.15, 0.2) is 0 Å². The zero-order valence-electron chi connectivity index (χ0n) is 10.6. The van der Waals surface area contributed by atoms with Gasteiger partial charge in [0, 0.05) is 18.9 Å². The van der Waals surface area contributed by atoms with E-state index in [-0.39, 0.29) is 5.91 Å². The second kappa shape index (κ2) is 6.31. The van der Waals surface area contributed by atoms with E-state index in [1.54, 1.807) is 36.5 Å². The van der Waals surface area contributed by atoms with E-state index in [2.05, 4.69) is 15.7 Å². The Kier molecular flexibility index (Phi) is 4.27. The van der Waals surface area contributed by atoms with Crippen LogP contribution < -0.4 is 16.6 Å². The fourth-order valence-electron chi connectivity index (χ4n) is 1.68. The zero-order chi connectivity index (χ0) is 14.4. The van der Waals surface area contributed by atoms with Crippen LogP contribution in [-0.4, -0.2) is 10.9 Å². The monoisotopic (exact) mass is 267 g/mol. The molecule has 0 fully saturated rings. The van der Waals surface area contributed by atoms with Crippen molar-refractivity contribution in [1.29, 1.82) is 5.26 Å². The van der Waals surface area contributed by atoms with Crippen LogP contribution in [0.5, 0.6) is 0 Å². The third-order valence-electron chi connectivity index (χ3n) is 2.76. The third-order valence-corrected chi connectivity index (χ3v) is 2.76. The largest absolute Gasteiger partial charge is 0.348 e. The molecular weight excluding hydrogens is 254 g/mol. The fraction of sp³-hybridized carbons (Fsp3) is 0.0714. The van der Waals surface area contributed by atoms with Crippen molar-refractivity contribution in [2.24, 2.45) is 5.84 Å². The lowest BCUT2D eigenvalue weighted by Gasteiger charge is -2.09. The Bertz CT molecular complexity index is 645. The Morgan fingerprint density at radius 2 is 2.05 bits per heavy atom. The Morgan fingerprint density at radius 3 is 2.70 bits per heavy atom. The van der Waals surface area contributed by atoms with Gasteiger partial charge in [0.2, 0.25) is 0 Å². The van der Waals surface area contributed by atoms with Crippen molar-refractivity contribution in [3.63, 3.8) is 0 Å². The smallest absolute Gasteiger partial charge is 0.255 e. The number of nitrogens with one attached hydrogen (secondary N) is 2. The molecule has 0 spiro atoms. The van der Waals surface area contributed by atoms with Gasteiger partial charge in [-0.1, -0.05) is 12.1 Å². The summed E-state index contributed by atoms with van der Waals surface area (Å²) in [6.45, 7) is 0.365. The molecule has 1 aromatic carbocycles. The van der Waals surface area contributed by atoms with Crippen molar-refractivity contribution < 1.29 is 4.79 Å². The molecule has 0 aliphatic carbocycles. The molecule has 6 nitrogen and oxygen atoms in total. The van der Waals surface area contributed by atoms with Crippen LogP contribution in [-0.2, 0) is 6.54 Å². The van der Waals surface area contributed by atoms with Gasteiger partial charge in [-0.05, 0) is 23.8 Å². The van der Waals surface area contributed by atoms with Gasteiger partial charge in [0.1, 0.15) is 0 Å². The van der Waals surface area contributed by atoms with E-state index in [0.717, 1.165) is 5.56 Å². The Balaban J connectivity index is 2.03.